The van der Waals surface area contributed by atoms with Crippen LogP contribution >= 0.6 is 0 Å². The van der Waals surface area contributed by atoms with Gasteiger partial charge in [-0.3, -0.25) is 9.59 Å². The molecule has 1 aliphatic heterocycles. The zero-order valence-electron chi connectivity index (χ0n) is 12.8. The lowest BCUT2D eigenvalue weighted by molar-refractivity contribution is -0.186. The molecule has 1 aromatic heterocycles. The smallest absolute Gasteiger partial charge is 0.334 e. The number of nitrogens with zero attached hydrogens (tertiary/aromatic N) is 3. The van der Waals surface area contributed by atoms with Crippen LogP contribution in [-0.2, 0) is 16.6 Å². The summed E-state index contributed by atoms with van der Waals surface area (Å²) >= 11 is 0. The summed E-state index contributed by atoms with van der Waals surface area (Å²) in [7, 11) is 1.83. The van der Waals surface area contributed by atoms with E-state index in [-0.39, 0.29) is 13.0 Å². The van der Waals surface area contributed by atoms with Crippen LogP contribution in [0.2, 0.25) is 0 Å². The molecule has 0 bridgehead atoms. The zero-order chi connectivity index (χ0) is 17.5. The number of nitrogens with one attached hydrogen (secondary N) is 1. The third kappa shape index (κ3) is 2.93. The van der Waals surface area contributed by atoms with Crippen molar-refractivity contribution in [1.82, 2.24) is 14.5 Å². The molecule has 2 heterocycles. The van der Waals surface area contributed by atoms with Gasteiger partial charge in [0.1, 0.15) is 6.04 Å². The molecule has 0 spiro atoms. The number of aromatic nitrogens is 2. The first-order chi connectivity index (χ1) is 11.3. The van der Waals surface area contributed by atoms with Crippen molar-refractivity contribution in [3.8, 4) is 0 Å². The highest BCUT2D eigenvalue weighted by Crippen LogP contribution is 2.27. The molecule has 2 amide bonds. The van der Waals surface area contributed by atoms with Crippen molar-refractivity contribution in [3.63, 3.8) is 0 Å². The summed E-state index contributed by atoms with van der Waals surface area (Å²) in [5.41, 5.74) is 1.95. The molecule has 9 heteroatoms. The number of fused-ring (bicyclic) bond motifs is 1. The first-order valence-electron chi connectivity index (χ1n) is 7.37. The Balaban J connectivity index is 1.76. The number of carbonyl (C=O) groups is 2. The average molecular weight is 340 g/mol. The van der Waals surface area contributed by atoms with E-state index in [1.165, 1.54) is 0 Å². The van der Waals surface area contributed by atoms with Gasteiger partial charge in [-0.2, -0.15) is 13.2 Å². The van der Waals surface area contributed by atoms with Crippen molar-refractivity contribution < 1.29 is 22.8 Å². The van der Waals surface area contributed by atoms with Gasteiger partial charge in [0.05, 0.1) is 17.4 Å². The molecule has 128 valence electrons. The minimum absolute atomic E-state index is 0.0737. The number of benzene rings is 1. The lowest BCUT2D eigenvalue weighted by Crippen LogP contribution is -2.48. The van der Waals surface area contributed by atoms with Crippen LogP contribution in [0.3, 0.4) is 0 Å². The highest BCUT2D eigenvalue weighted by atomic mass is 19.4. The van der Waals surface area contributed by atoms with Crippen LogP contribution in [0.4, 0.5) is 18.9 Å². The molecule has 1 fully saturated rings. The van der Waals surface area contributed by atoms with Gasteiger partial charge in [-0.25, -0.2) is 4.98 Å². The fourth-order valence-electron chi connectivity index (χ4n) is 2.88. The topological polar surface area (TPSA) is 67.2 Å². The monoisotopic (exact) mass is 340 g/mol. The van der Waals surface area contributed by atoms with Gasteiger partial charge in [0.2, 0.25) is 5.91 Å². The standard InChI is InChI=1S/C15H15F3N4O2/c1-21-8-19-10-7-9(4-5-11(10)21)20-13(23)12-3-2-6-22(12)14(24)15(16,17)18/h4-5,7-8,12H,2-3,6H2,1H3,(H,20,23). The Morgan fingerprint density at radius 2 is 2.08 bits per heavy atom. The van der Waals surface area contributed by atoms with Crippen LogP contribution in [0, 0.1) is 0 Å². The van der Waals surface area contributed by atoms with Gasteiger partial charge in [0, 0.05) is 19.3 Å². The minimum Gasteiger partial charge on any atom is -0.334 e. The highest BCUT2D eigenvalue weighted by molar-refractivity contribution is 5.99. The van der Waals surface area contributed by atoms with Gasteiger partial charge in [0.15, 0.2) is 0 Å². The number of alkyl halides is 3. The van der Waals surface area contributed by atoms with E-state index >= 15 is 0 Å². The fourth-order valence-corrected chi connectivity index (χ4v) is 2.88. The molecule has 1 unspecified atom stereocenters. The molecule has 6 nitrogen and oxygen atoms in total. The van der Waals surface area contributed by atoms with Crippen molar-refractivity contribution in [2.24, 2.45) is 7.05 Å². The number of halogens is 3. The van der Waals surface area contributed by atoms with E-state index in [0.717, 1.165) is 5.52 Å². The van der Waals surface area contributed by atoms with Gasteiger partial charge in [-0.15, -0.1) is 0 Å². The van der Waals surface area contributed by atoms with Gasteiger partial charge in [0.25, 0.3) is 0 Å². The summed E-state index contributed by atoms with van der Waals surface area (Å²) in [6, 6.07) is 3.93. The maximum Gasteiger partial charge on any atom is 0.471 e. The molecule has 0 aliphatic carbocycles. The van der Waals surface area contributed by atoms with Crippen molar-refractivity contribution in [1.29, 1.82) is 0 Å². The van der Waals surface area contributed by atoms with Gasteiger partial charge in [-0.1, -0.05) is 0 Å². The third-order valence-electron chi connectivity index (χ3n) is 4.05. The van der Waals surface area contributed by atoms with E-state index in [0.29, 0.717) is 22.5 Å². The Hall–Kier alpha value is -2.58. The number of amides is 2. The number of anilines is 1. The molecule has 1 atom stereocenters. The molecule has 1 aromatic carbocycles. The molecule has 3 rings (SSSR count). The first-order valence-corrected chi connectivity index (χ1v) is 7.37. The van der Waals surface area contributed by atoms with Gasteiger partial charge >= 0.3 is 12.1 Å². The number of hydrogen-bond acceptors (Lipinski definition) is 3. The van der Waals surface area contributed by atoms with E-state index in [4.69, 9.17) is 0 Å². The van der Waals surface area contributed by atoms with Crippen molar-refractivity contribution in [3.05, 3.63) is 24.5 Å². The summed E-state index contributed by atoms with van der Waals surface area (Å²) < 4.78 is 39.6. The second-order valence-corrected chi connectivity index (χ2v) is 5.70. The van der Waals surface area contributed by atoms with Crippen LogP contribution in [-0.4, -0.2) is 45.0 Å². The maximum atomic E-state index is 12.6. The van der Waals surface area contributed by atoms with E-state index in [1.54, 1.807) is 24.5 Å². The Kier molecular flexibility index (Phi) is 3.94. The molecule has 1 N–H and O–H groups in total. The minimum atomic E-state index is -4.98. The number of imidazole rings is 1. The van der Waals surface area contributed by atoms with Crippen LogP contribution in [0.25, 0.3) is 11.0 Å². The van der Waals surface area contributed by atoms with Crippen LogP contribution < -0.4 is 5.32 Å². The Morgan fingerprint density at radius 3 is 2.79 bits per heavy atom. The Morgan fingerprint density at radius 1 is 1.33 bits per heavy atom. The number of hydrogen-bond donors (Lipinski definition) is 1. The molecule has 0 saturated carbocycles. The quantitative estimate of drug-likeness (QED) is 0.910. The first kappa shape index (κ1) is 16.3. The Labute approximate surface area is 135 Å². The largest absolute Gasteiger partial charge is 0.471 e. The molecule has 0 radical (unpaired) electrons. The second-order valence-electron chi connectivity index (χ2n) is 5.70. The van der Waals surface area contributed by atoms with Crippen LogP contribution in [0.5, 0.6) is 0 Å². The molecule has 1 aliphatic rings. The summed E-state index contributed by atoms with van der Waals surface area (Å²) in [4.78, 5) is 28.5. The molecule has 24 heavy (non-hydrogen) atoms. The van der Waals surface area contributed by atoms with Crippen molar-refractivity contribution in [2.75, 3.05) is 11.9 Å². The number of carbonyl (C=O) groups excluding carboxylic acids is 2. The maximum absolute atomic E-state index is 12.6. The third-order valence-corrected chi connectivity index (χ3v) is 4.05. The molecular formula is C15H15F3N4O2. The molecule has 2 aromatic rings. The predicted molar refractivity (Wildman–Crippen MR) is 80.1 cm³/mol. The zero-order valence-corrected chi connectivity index (χ0v) is 12.8. The fraction of sp³-hybridized carbons (Fsp3) is 0.400. The Bertz CT molecular complexity index is 800. The second kappa shape index (κ2) is 5.81. The van der Waals surface area contributed by atoms with E-state index in [2.05, 4.69) is 10.3 Å². The van der Waals surface area contributed by atoms with E-state index < -0.39 is 24.0 Å². The normalized spacial score (nSPS) is 18.2. The summed E-state index contributed by atoms with van der Waals surface area (Å²) in [5, 5.41) is 2.57. The van der Waals surface area contributed by atoms with Crippen molar-refractivity contribution in [2.45, 2.75) is 25.1 Å². The van der Waals surface area contributed by atoms with E-state index in [1.807, 2.05) is 11.6 Å². The molecular weight excluding hydrogens is 325 g/mol. The summed E-state index contributed by atoms with van der Waals surface area (Å²) in [6.07, 6.45) is -2.79. The van der Waals surface area contributed by atoms with Crippen LogP contribution in [0.1, 0.15) is 12.8 Å². The highest BCUT2D eigenvalue weighted by Gasteiger charge is 2.47. The van der Waals surface area contributed by atoms with Gasteiger partial charge < -0.3 is 14.8 Å². The number of aryl methyl sites for hydroxylation is 1. The number of rotatable bonds is 2. The van der Waals surface area contributed by atoms with Gasteiger partial charge in [-0.05, 0) is 31.0 Å². The summed E-state index contributed by atoms with van der Waals surface area (Å²) in [5.74, 6) is -2.60. The SMILES string of the molecule is Cn1cnc2cc(NC(=O)C3CCCN3C(=O)C(F)(F)F)ccc21. The molecule has 1 saturated heterocycles. The van der Waals surface area contributed by atoms with E-state index in [9.17, 15) is 22.8 Å². The van der Waals surface area contributed by atoms with Crippen molar-refractivity contribution >= 4 is 28.5 Å². The lowest BCUT2D eigenvalue weighted by atomic mass is 10.2. The average Bonchev–Trinajstić information content (AvgIpc) is 3.13. The number of likely N-dealkylation sites (tertiary alicyclic amines) is 1. The summed E-state index contributed by atoms with van der Waals surface area (Å²) in [6.45, 7) is -0.0737. The lowest BCUT2D eigenvalue weighted by Gasteiger charge is -2.24. The predicted octanol–water partition coefficient (Wildman–Crippen LogP) is 2.07. The van der Waals surface area contributed by atoms with Crippen LogP contribution in [0.15, 0.2) is 24.5 Å².